The van der Waals surface area contributed by atoms with Crippen molar-refractivity contribution in [2.24, 2.45) is 5.73 Å². The Bertz CT molecular complexity index is 401. The van der Waals surface area contributed by atoms with Crippen molar-refractivity contribution < 1.29 is 4.79 Å². The van der Waals surface area contributed by atoms with Gasteiger partial charge < -0.3 is 11.1 Å². The van der Waals surface area contributed by atoms with Gasteiger partial charge in [-0.3, -0.25) is 9.69 Å². The molecule has 1 unspecified atom stereocenters. The van der Waals surface area contributed by atoms with Gasteiger partial charge in [0.2, 0.25) is 5.91 Å². The lowest BCUT2D eigenvalue weighted by Crippen LogP contribution is -2.44. The molecule has 1 aromatic rings. The van der Waals surface area contributed by atoms with E-state index in [0.717, 1.165) is 26.1 Å². The van der Waals surface area contributed by atoms with Crippen LogP contribution in [0.3, 0.4) is 0 Å². The molecule has 0 spiro atoms. The molecule has 6 heteroatoms. The highest BCUT2D eigenvalue weighted by molar-refractivity contribution is 5.85. The van der Waals surface area contributed by atoms with Crippen LogP contribution in [0.15, 0.2) is 30.3 Å². The number of rotatable bonds is 4. The van der Waals surface area contributed by atoms with Crippen molar-refractivity contribution in [3.8, 4) is 0 Å². The number of hydrogen-bond acceptors (Lipinski definition) is 3. The van der Waals surface area contributed by atoms with Gasteiger partial charge in [0.15, 0.2) is 0 Å². The zero-order valence-corrected chi connectivity index (χ0v) is 13.3. The van der Waals surface area contributed by atoms with Crippen molar-refractivity contribution in [3.05, 3.63) is 35.9 Å². The van der Waals surface area contributed by atoms with Crippen LogP contribution in [-0.2, 0) is 11.3 Å². The van der Waals surface area contributed by atoms with E-state index in [1.807, 2.05) is 6.07 Å². The van der Waals surface area contributed by atoms with Gasteiger partial charge in [0.05, 0.1) is 6.04 Å². The van der Waals surface area contributed by atoms with E-state index in [1.54, 1.807) is 6.92 Å². The van der Waals surface area contributed by atoms with Gasteiger partial charge in [-0.1, -0.05) is 30.3 Å². The minimum atomic E-state index is -0.423. The van der Waals surface area contributed by atoms with Crippen LogP contribution in [-0.4, -0.2) is 36.0 Å². The Kier molecular flexibility index (Phi) is 8.81. The highest BCUT2D eigenvalue weighted by atomic mass is 35.5. The normalized spacial score (nSPS) is 19.6. The molecule has 4 nitrogen and oxygen atoms in total. The lowest BCUT2D eigenvalue weighted by Gasteiger charge is -2.17. The maximum Gasteiger partial charge on any atom is 0.236 e. The smallest absolute Gasteiger partial charge is 0.236 e. The first-order valence-electron chi connectivity index (χ1n) is 6.47. The molecule has 0 saturated carbocycles. The Balaban J connectivity index is 0.00000180. The van der Waals surface area contributed by atoms with Crippen LogP contribution < -0.4 is 11.1 Å². The van der Waals surface area contributed by atoms with E-state index in [2.05, 4.69) is 34.5 Å². The van der Waals surface area contributed by atoms with Gasteiger partial charge >= 0.3 is 0 Å². The monoisotopic (exact) mass is 319 g/mol. The SMILES string of the molecule is C[C@H](N)C(=O)NC1CCN(Cc2ccccc2)C1.Cl.Cl. The maximum atomic E-state index is 11.5. The van der Waals surface area contributed by atoms with Crippen molar-refractivity contribution in [2.45, 2.75) is 32.0 Å². The van der Waals surface area contributed by atoms with Crippen molar-refractivity contribution in [1.82, 2.24) is 10.2 Å². The zero-order valence-electron chi connectivity index (χ0n) is 11.6. The number of nitrogens with one attached hydrogen (secondary N) is 1. The number of carbonyl (C=O) groups excluding carboxylic acids is 1. The van der Waals surface area contributed by atoms with E-state index in [1.165, 1.54) is 5.56 Å². The number of likely N-dealkylation sites (tertiary alicyclic amines) is 1. The number of hydrogen-bond donors (Lipinski definition) is 2. The molecular weight excluding hydrogens is 297 g/mol. The molecule has 1 fully saturated rings. The van der Waals surface area contributed by atoms with Crippen LogP contribution in [0.4, 0.5) is 0 Å². The molecule has 0 aromatic heterocycles. The second kappa shape index (κ2) is 9.19. The average Bonchev–Trinajstić information content (AvgIpc) is 2.77. The zero-order chi connectivity index (χ0) is 13.0. The summed E-state index contributed by atoms with van der Waals surface area (Å²) in [4.78, 5) is 13.9. The molecule has 1 aliphatic heterocycles. The van der Waals surface area contributed by atoms with Crippen LogP contribution in [0, 0.1) is 0 Å². The molecule has 1 aliphatic rings. The molecule has 20 heavy (non-hydrogen) atoms. The van der Waals surface area contributed by atoms with E-state index in [4.69, 9.17) is 5.73 Å². The van der Waals surface area contributed by atoms with Gasteiger partial charge in [0.1, 0.15) is 0 Å². The van der Waals surface area contributed by atoms with E-state index in [9.17, 15) is 4.79 Å². The largest absolute Gasteiger partial charge is 0.351 e. The molecule has 3 N–H and O–H groups in total. The molecule has 1 saturated heterocycles. The first kappa shape index (κ1) is 19.2. The second-order valence-electron chi connectivity index (χ2n) is 5.00. The predicted molar refractivity (Wildman–Crippen MR) is 86.4 cm³/mol. The van der Waals surface area contributed by atoms with Crippen molar-refractivity contribution in [1.29, 1.82) is 0 Å². The van der Waals surface area contributed by atoms with Gasteiger partial charge in [-0.05, 0) is 18.9 Å². The molecule has 1 aromatic carbocycles. The fraction of sp³-hybridized carbons (Fsp3) is 0.500. The Morgan fingerprint density at radius 3 is 2.65 bits per heavy atom. The summed E-state index contributed by atoms with van der Waals surface area (Å²) in [6.45, 7) is 4.60. The molecule has 0 aliphatic carbocycles. The van der Waals surface area contributed by atoms with E-state index in [-0.39, 0.29) is 36.8 Å². The standard InChI is InChI=1S/C14H21N3O.2ClH/c1-11(15)14(18)16-13-7-8-17(10-13)9-12-5-3-2-4-6-12;;/h2-6,11,13H,7-10,15H2,1H3,(H,16,18);2*1H/t11-,13?;;/m0../s1. The summed E-state index contributed by atoms with van der Waals surface area (Å²) in [6, 6.07) is 10.2. The minimum absolute atomic E-state index is 0. The summed E-state index contributed by atoms with van der Waals surface area (Å²) < 4.78 is 0. The molecular formula is C14H23Cl2N3O. The number of benzene rings is 1. The van der Waals surface area contributed by atoms with E-state index >= 15 is 0 Å². The fourth-order valence-corrected chi connectivity index (χ4v) is 2.27. The summed E-state index contributed by atoms with van der Waals surface area (Å²) in [5.74, 6) is -0.0541. The summed E-state index contributed by atoms with van der Waals surface area (Å²) in [6.07, 6.45) is 1.01. The van der Waals surface area contributed by atoms with Gasteiger partial charge in [0.25, 0.3) is 0 Å². The first-order chi connectivity index (χ1) is 8.65. The third-order valence-corrected chi connectivity index (χ3v) is 3.28. The van der Waals surface area contributed by atoms with Crippen molar-refractivity contribution >= 4 is 30.7 Å². The minimum Gasteiger partial charge on any atom is -0.351 e. The molecule has 1 amide bonds. The third kappa shape index (κ3) is 5.67. The molecule has 0 radical (unpaired) electrons. The van der Waals surface area contributed by atoms with E-state index in [0.29, 0.717) is 0 Å². The van der Waals surface area contributed by atoms with Crippen LogP contribution in [0.1, 0.15) is 18.9 Å². The summed E-state index contributed by atoms with van der Waals surface area (Å²) >= 11 is 0. The number of amides is 1. The number of nitrogens with zero attached hydrogens (tertiary/aromatic N) is 1. The lowest BCUT2D eigenvalue weighted by molar-refractivity contribution is -0.122. The molecule has 2 atom stereocenters. The predicted octanol–water partition coefficient (Wildman–Crippen LogP) is 1.57. The second-order valence-corrected chi connectivity index (χ2v) is 5.00. The first-order valence-corrected chi connectivity index (χ1v) is 6.47. The lowest BCUT2D eigenvalue weighted by atomic mass is 10.2. The van der Waals surface area contributed by atoms with Crippen molar-refractivity contribution in [3.63, 3.8) is 0 Å². The Labute approximate surface area is 132 Å². The fourth-order valence-electron chi connectivity index (χ4n) is 2.27. The quantitative estimate of drug-likeness (QED) is 0.885. The van der Waals surface area contributed by atoms with Gasteiger partial charge in [-0.25, -0.2) is 0 Å². The highest BCUT2D eigenvalue weighted by Crippen LogP contribution is 2.13. The molecule has 1 heterocycles. The van der Waals surface area contributed by atoms with Crippen LogP contribution in [0.5, 0.6) is 0 Å². The van der Waals surface area contributed by atoms with Crippen LogP contribution in [0.25, 0.3) is 0 Å². The number of nitrogens with two attached hydrogens (primary N) is 1. The topological polar surface area (TPSA) is 58.4 Å². The molecule has 2 rings (SSSR count). The average molecular weight is 320 g/mol. The summed E-state index contributed by atoms with van der Waals surface area (Å²) in [5.41, 5.74) is 6.86. The Morgan fingerprint density at radius 2 is 2.05 bits per heavy atom. The number of carbonyl (C=O) groups is 1. The van der Waals surface area contributed by atoms with Crippen LogP contribution in [0.2, 0.25) is 0 Å². The van der Waals surface area contributed by atoms with Gasteiger partial charge in [-0.2, -0.15) is 0 Å². The van der Waals surface area contributed by atoms with Crippen LogP contribution >= 0.6 is 24.8 Å². The van der Waals surface area contributed by atoms with Gasteiger partial charge in [-0.15, -0.1) is 24.8 Å². The summed E-state index contributed by atoms with van der Waals surface area (Å²) in [7, 11) is 0. The summed E-state index contributed by atoms with van der Waals surface area (Å²) in [5, 5.41) is 2.99. The Morgan fingerprint density at radius 1 is 1.40 bits per heavy atom. The highest BCUT2D eigenvalue weighted by Gasteiger charge is 2.24. The van der Waals surface area contributed by atoms with Gasteiger partial charge in [0, 0.05) is 25.7 Å². The third-order valence-electron chi connectivity index (χ3n) is 3.28. The number of halogens is 2. The van der Waals surface area contributed by atoms with E-state index < -0.39 is 6.04 Å². The van der Waals surface area contributed by atoms with Crippen molar-refractivity contribution in [2.75, 3.05) is 13.1 Å². The molecule has 114 valence electrons. The molecule has 0 bridgehead atoms. The Hall–Kier alpha value is -0.810. The maximum absolute atomic E-state index is 11.5.